The van der Waals surface area contributed by atoms with Gasteiger partial charge in [0.2, 0.25) is 0 Å². The minimum atomic E-state index is -3.79. The van der Waals surface area contributed by atoms with E-state index in [1.807, 2.05) is 19.1 Å². The van der Waals surface area contributed by atoms with Gasteiger partial charge in [-0.05, 0) is 67.1 Å². The minimum absolute atomic E-state index is 0.0827. The van der Waals surface area contributed by atoms with Crippen LogP contribution in [0.5, 0.6) is 5.75 Å². The lowest BCUT2D eigenvalue weighted by atomic mass is 9.81. The molecule has 8 heteroatoms. The van der Waals surface area contributed by atoms with E-state index < -0.39 is 10.0 Å². The number of aromatic hydroxyl groups is 1. The Morgan fingerprint density at radius 3 is 2.50 bits per heavy atom. The van der Waals surface area contributed by atoms with Gasteiger partial charge in [-0.1, -0.05) is 62.5 Å². The highest BCUT2D eigenvalue weighted by Gasteiger charge is 2.22. The molecule has 1 unspecified atom stereocenters. The highest BCUT2D eigenvalue weighted by Crippen LogP contribution is 2.36. The Morgan fingerprint density at radius 2 is 1.79 bits per heavy atom. The molecule has 1 aliphatic carbocycles. The van der Waals surface area contributed by atoms with Gasteiger partial charge in [0.05, 0.1) is 15.5 Å². The molecule has 0 bridgehead atoms. The molecule has 0 radical (unpaired) electrons. The van der Waals surface area contributed by atoms with Crippen molar-refractivity contribution in [3.05, 3.63) is 53.7 Å². The van der Waals surface area contributed by atoms with Crippen LogP contribution in [0.1, 0.15) is 50.3 Å². The van der Waals surface area contributed by atoms with Crippen LogP contribution in [-0.2, 0) is 10.0 Å². The summed E-state index contributed by atoms with van der Waals surface area (Å²) in [5.74, 6) is 1.47. The predicted molar refractivity (Wildman–Crippen MR) is 140 cm³/mol. The molecule has 6 nitrogen and oxygen atoms in total. The van der Waals surface area contributed by atoms with Gasteiger partial charge in [-0.3, -0.25) is 4.72 Å². The molecule has 2 aromatic carbocycles. The summed E-state index contributed by atoms with van der Waals surface area (Å²) in [5.41, 5.74) is 2.78. The van der Waals surface area contributed by atoms with E-state index in [9.17, 15) is 13.5 Å². The van der Waals surface area contributed by atoms with Crippen molar-refractivity contribution in [2.75, 3.05) is 16.6 Å². The predicted octanol–water partition coefficient (Wildman–Crippen LogP) is 6.56. The molecule has 0 saturated heterocycles. The number of hydrogen-bond acceptors (Lipinski definition) is 6. The fraction of sp³-hybridized carbons (Fsp3) is 0.423. The largest absolute Gasteiger partial charge is 0.508 e. The number of phenolic OH excluding ortho intramolecular Hbond substituents is 1. The van der Waals surface area contributed by atoms with Gasteiger partial charge < -0.3 is 10.4 Å². The van der Waals surface area contributed by atoms with Crippen LogP contribution in [0.2, 0.25) is 0 Å². The smallest absolute Gasteiger partial charge is 0.262 e. The Balaban J connectivity index is 1.52. The molecular formula is C26H33N3O3S2. The zero-order valence-corrected chi connectivity index (χ0v) is 21.6. The molecule has 3 aromatic rings. The Labute approximate surface area is 206 Å². The van der Waals surface area contributed by atoms with Crippen LogP contribution in [0, 0.1) is 25.7 Å². The monoisotopic (exact) mass is 499 g/mol. The van der Waals surface area contributed by atoms with Gasteiger partial charge in [-0.2, -0.15) is 0 Å². The lowest BCUT2D eigenvalue weighted by Gasteiger charge is -2.27. The van der Waals surface area contributed by atoms with E-state index in [1.165, 1.54) is 56.4 Å². The standard InChI is InChI=1S/C26H33N3O3S2/c1-17-9-10-21(15-24(17)34(31,32)29-22-11-13-23(30)14-12-22)25-19(3)28-26(33-25)27-16-18(2)20-7-5-4-6-8-20/h9-15,18,20,29-30H,4-8,16H2,1-3H3,(H,27,28). The second-order valence-corrected chi connectivity index (χ2v) is 12.0. The van der Waals surface area contributed by atoms with E-state index in [4.69, 9.17) is 4.98 Å². The van der Waals surface area contributed by atoms with Crippen molar-refractivity contribution < 1.29 is 13.5 Å². The maximum atomic E-state index is 13.1. The molecule has 0 aliphatic heterocycles. The highest BCUT2D eigenvalue weighted by molar-refractivity contribution is 7.92. The maximum Gasteiger partial charge on any atom is 0.262 e. The zero-order chi connectivity index (χ0) is 24.3. The summed E-state index contributed by atoms with van der Waals surface area (Å²) in [6, 6.07) is 11.5. The average molecular weight is 500 g/mol. The van der Waals surface area contributed by atoms with E-state index in [1.54, 1.807) is 24.3 Å². The second kappa shape index (κ2) is 10.4. The van der Waals surface area contributed by atoms with Crippen molar-refractivity contribution >= 4 is 32.2 Å². The van der Waals surface area contributed by atoms with Gasteiger partial charge in [0.25, 0.3) is 10.0 Å². The number of nitrogens with one attached hydrogen (secondary N) is 2. The Bertz CT molecular complexity index is 1230. The molecular weight excluding hydrogens is 466 g/mol. The number of aromatic nitrogens is 1. The van der Waals surface area contributed by atoms with Gasteiger partial charge >= 0.3 is 0 Å². The molecule has 3 N–H and O–H groups in total. The molecule has 1 saturated carbocycles. The van der Waals surface area contributed by atoms with Gasteiger partial charge in [0.15, 0.2) is 5.13 Å². The first-order valence-electron chi connectivity index (χ1n) is 11.9. The van der Waals surface area contributed by atoms with Gasteiger partial charge in [0, 0.05) is 12.2 Å². The molecule has 182 valence electrons. The number of nitrogens with zero attached hydrogens (tertiary/aromatic N) is 1. The lowest BCUT2D eigenvalue weighted by molar-refractivity contribution is 0.273. The van der Waals surface area contributed by atoms with Crippen LogP contribution in [0.25, 0.3) is 10.4 Å². The van der Waals surface area contributed by atoms with E-state index in [0.29, 0.717) is 17.2 Å². The number of aryl methyl sites for hydroxylation is 2. The van der Waals surface area contributed by atoms with Crippen molar-refractivity contribution in [3.63, 3.8) is 0 Å². The van der Waals surface area contributed by atoms with Crippen LogP contribution < -0.4 is 10.0 Å². The number of hydrogen-bond donors (Lipinski definition) is 3. The Kier molecular flexibility index (Phi) is 7.48. The summed E-state index contributed by atoms with van der Waals surface area (Å²) in [6.07, 6.45) is 6.70. The minimum Gasteiger partial charge on any atom is -0.508 e. The fourth-order valence-electron chi connectivity index (χ4n) is 4.63. The molecule has 4 rings (SSSR count). The highest BCUT2D eigenvalue weighted by atomic mass is 32.2. The van der Waals surface area contributed by atoms with E-state index in [2.05, 4.69) is 17.0 Å². The number of rotatable bonds is 8. The van der Waals surface area contributed by atoms with Crippen molar-refractivity contribution in [2.24, 2.45) is 11.8 Å². The summed E-state index contributed by atoms with van der Waals surface area (Å²) >= 11 is 1.57. The molecule has 1 aromatic heterocycles. The van der Waals surface area contributed by atoms with Crippen LogP contribution in [0.3, 0.4) is 0 Å². The van der Waals surface area contributed by atoms with Crippen molar-refractivity contribution in [1.82, 2.24) is 4.98 Å². The zero-order valence-electron chi connectivity index (χ0n) is 20.0. The molecule has 1 atom stereocenters. The van der Waals surface area contributed by atoms with Gasteiger partial charge in [-0.25, -0.2) is 13.4 Å². The first kappa shape index (κ1) is 24.5. The average Bonchev–Trinajstić information content (AvgIpc) is 3.20. The van der Waals surface area contributed by atoms with Crippen LogP contribution in [0.4, 0.5) is 10.8 Å². The lowest BCUT2D eigenvalue weighted by Crippen LogP contribution is -2.22. The van der Waals surface area contributed by atoms with Gasteiger partial charge in [0.1, 0.15) is 5.75 Å². The summed E-state index contributed by atoms with van der Waals surface area (Å²) in [6.45, 7) is 6.97. The molecule has 0 amide bonds. The maximum absolute atomic E-state index is 13.1. The summed E-state index contributed by atoms with van der Waals surface area (Å²) in [7, 11) is -3.79. The normalized spacial score (nSPS) is 15.7. The van der Waals surface area contributed by atoms with E-state index >= 15 is 0 Å². The summed E-state index contributed by atoms with van der Waals surface area (Å²) in [4.78, 5) is 5.91. The molecule has 1 aliphatic rings. The van der Waals surface area contributed by atoms with Gasteiger partial charge in [-0.15, -0.1) is 0 Å². The third kappa shape index (κ3) is 5.73. The quantitative estimate of drug-likeness (QED) is 0.305. The second-order valence-electron chi connectivity index (χ2n) is 9.32. The molecule has 0 spiro atoms. The Hall–Kier alpha value is -2.58. The number of phenols is 1. The Morgan fingerprint density at radius 1 is 1.09 bits per heavy atom. The molecule has 1 fully saturated rings. The third-order valence-corrected chi connectivity index (χ3v) is 9.37. The van der Waals surface area contributed by atoms with E-state index in [0.717, 1.165) is 33.7 Å². The van der Waals surface area contributed by atoms with Crippen LogP contribution >= 0.6 is 11.3 Å². The number of thiazole rings is 1. The number of anilines is 2. The third-order valence-electron chi connectivity index (χ3n) is 6.69. The molecule has 1 heterocycles. The molecule has 34 heavy (non-hydrogen) atoms. The summed E-state index contributed by atoms with van der Waals surface area (Å²) in [5, 5.41) is 13.9. The van der Waals surface area contributed by atoms with Crippen molar-refractivity contribution in [1.29, 1.82) is 0 Å². The first-order valence-corrected chi connectivity index (χ1v) is 14.2. The van der Waals surface area contributed by atoms with E-state index in [-0.39, 0.29) is 10.6 Å². The number of sulfonamides is 1. The summed E-state index contributed by atoms with van der Waals surface area (Å²) < 4.78 is 28.8. The fourth-order valence-corrected chi connectivity index (χ4v) is 6.93. The van der Waals surface area contributed by atoms with Crippen molar-refractivity contribution in [2.45, 2.75) is 57.8 Å². The van der Waals surface area contributed by atoms with Crippen LogP contribution in [0.15, 0.2) is 47.4 Å². The topological polar surface area (TPSA) is 91.3 Å². The van der Waals surface area contributed by atoms with Crippen LogP contribution in [-0.4, -0.2) is 25.1 Å². The number of benzene rings is 2. The van der Waals surface area contributed by atoms with Crippen molar-refractivity contribution in [3.8, 4) is 16.2 Å². The first-order chi connectivity index (χ1) is 16.2. The SMILES string of the molecule is Cc1ccc(-c2sc(NCC(C)C3CCCCC3)nc2C)cc1S(=O)(=O)Nc1ccc(O)cc1.